The van der Waals surface area contributed by atoms with Crippen LogP contribution in [-0.4, -0.2) is 5.91 Å². The van der Waals surface area contributed by atoms with Crippen LogP contribution in [0.15, 0.2) is 24.3 Å². The van der Waals surface area contributed by atoms with Gasteiger partial charge in [-0.25, -0.2) is 0 Å². The fourth-order valence-electron chi connectivity index (χ4n) is 3.86. The molecule has 0 aliphatic rings. The summed E-state index contributed by atoms with van der Waals surface area (Å²) in [6, 6.07) is 8.08. The second kappa shape index (κ2) is 14.7. The molecule has 0 saturated heterocycles. The van der Waals surface area contributed by atoms with Crippen molar-refractivity contribution in [2.75, 3.05) is 5.32 Å². The van der Waals surface area contributed by atoms with Gasteiger partial charge in [0.25, 0.3) is 0 Å². The van der Waals surface area contributed by atoms with Gasteiger partial charge in [0.1, 0.15) is 0 Å². The molecule has 0 aromatic heterocycles. The van der Waals surface area contributed by atoms with Crippen LogP contribution in [-0.2, 0) is 4.79 Å². The number of amides is 1. The van der Waals surface area contributed by atoms with Crippen LogP contribution in [0.4, 0.5) is 5.69 Å². The second-order valence-corrected chi connectivity index (χ2v) is 8.20. The molecule has 154 valence electrons. The van der Waals surface area contributed by atoms with E-state index in [-0.39, 0.29) is 11.8 Å². The van der Waals surface area contributed by atoms with Gasteiger partial charge in [-0.3, -0.25) is 4.79 Å². The lowest BCUT2D eigenvalue weighted by molar-refractivity contribution is -0.120. The Hall–Kier alpha value is -1.31. The molecule has 2 heteroatoms. The zero-order chi connectivity index (χ0) is 19.9. The van der Waals surface area contributed by atoms with Gasteiger partial charge in [-0.05, 0) is 37.3 Å². The zero-order valence-electron chi connectivity index (χ0n) is 18.4. The van der Waals surface area contributed by atoms with Crippen LogP contribution < -0.4 is 5.32 Å². The van der Waals surface area contributed by atoms with E-state index < -0.39 is 0 Å². The van der Waals surface area contributed by atoms with Crippen molar-refractivity contribution in [3.63, 3.8) is 0 Å². The summed E-state index contributed by atoms with van der Waals surface area (Å²) in [6.07, 6.45) is 14.8. The van der Waals surface area contributed by atoms with E-state index in [1.54, 1.807) is 0 Å². The summed E-state index contributed by atoms with van der Waals surface area (Å²) >= 11 is 0. The number of anilines is 1. The van der Waals surface area contributed by atoms with Gasteiger partial charge < -0.3 is 5.32 Å². The minimum absolute atomic E-state index is 0.159. The number of carbonyl (C=O) groups excluding carboxylic acids is 1. The van der Waals surface area contributed by atoms with E-state index in [2.05, 4.69) is 39.1 Å². The SMILES string of the molecule is CCCCC[C@@H](CCCC[C@@H](CC)CCCC)C(=O)Nc1ccccc1C. The standard InChI is InChI=1S/C25H43NO/c1-5-8-10-18-23(19-13-12-17-22(7-3)16-9-6-2)25(27)26-24-20-14-11-15-21(24)4/h11,14-15,20,22-23H,5-10,12-13,16-19H2,1-4H3,(H,26,27)/t22-,23-/m0/s1. The number of carbonyl (C=O) groups is 1. The number of hydrogen-bond donors (Lipinski definition) is 1. The van der Waals surface area contributed by atoms with E-state index in [4.69, 9.17) is 0 Å². The van der Waals surface area contributed by atoms with E-state index in [1.807, 2.05) is 18.2 Å². The maximum atomic E-state index is 12.9. The number of hydrogen-bond acceptors (Lipinski definition) is 1. The van der Waals surface area contributed by atoms with Gasteiger partial charge in [0.2, 0.25) is 5.91 Å². The lowest BCUT2D eigenvalue weighted by Crippen LogP contribution is -2.23. The van der Waals surface area contributed by atoms with Gasteiger partial charge in [-0.2, -0.15) is 0 Å². The van der Waals surface area contributed by atoms with Crippen molar-refractivity contribution in [3.05, 3.63) is 29.8 Å². The average Bonchev–Trinajstić information content (AvgIpc) is 2.67. The van der Waals surface area contributed by atoms with Crippen molar-refractivity contribution in [1.82, 2.24) is 0 Å². The third-order valence-corrected chi connectivity index (χ3v) is 5.89. The highest BCUT2D eigenvalue weighted by atomic mass is 16.1. The van der Waals surface area contributed by atoms with Crippen LogP contribution >= 0.6 is 0 Å². The fourth-order valence-corrected chi connectivity index (χ4v) is 3.86. The molecule has 1 rings (SSSR count). The van der Waals surface area contributed by atoms with Crippen LogP contribution in [0, 0.1) is 18.8 Å². The summed E-state index contributed by atoms with van der Waals surface area (Å²) in [5.41, 5.74) is 2.11. The predicted octanol–water partition coefficient (Wildman–Crippen LogP) is 7.91. The number of nitrogens with one attached hydrogen (secondary N) is 1. The Kier molecular flexibility index (Phi) is 12.9. The Labute approximate surface area is 168 Å². The molecule has 1 aromatic carbocycles. The van der Waals surface area contributed by atoms with E-state index in [0.717, 1.165) is 36.4 Å². The molecular formula is C25H43NO. The topological polar surface area (TPSA) is 29.1 Å². The molecule has 0 bridgehead atoms. The molecule has 1 N–H and O–H groups in total. The van der Waals surface area contributed by atoms with E-state index in [0.29, 0.717) is 0 Å². The first-order valence-corrected chi connectivity index (χ1v) is 11.5. The highest BCUT2D eigenvalue weighted by Crippen LogP contribution is 2.24. The van der Waals surface area contributed by atoms with Crippen LogP contribution in [0.2, 0.25) is 0 Å². The van der Waals surface area contributed by atoms with E-state index >= 15 is 0 Å². The summed E-state index contributed by atoms with van der Waals surface area (Å²) in [5.74, 6) is 1.26. The molecule has 0 aliphatic heterocycles. The molecule has 1 amide bonds. The van der Waals surface area contributed by atoms with Gasteiger partial charge in [0, 0.05) is 11.6 Å². The third kappa shape index (κ3) is 9.98. The Morgan fingerprint density at radius 2 is 1.44 bits per heavy atom. The first-order valence-electron chi connectivity index (χ1n) is 11.5. The highest BCUT2D eigenvalue weighted by molar-refractivity contribution is 5.93. The van der Waals surface area contributed by atoms with Crippen molar-refractivity contribution >= 4 is 11.6 Å². The molecule has 2 nitrogen and oxygen atoms in total. The minimum Gasteiger partial charge on any atom is -0.326 e. The predicted molar refractivity (Wildman–Crippen MR) is 119 cm³/mol. The Morgan fingerprint density at radius 1 is 0.852 bits per heavy atom. The maximum Gasteiger partial charge on any atom is 0.227 e. The van der Waals surface area contributed by atoms with Gasteiger partial charge in [0.15, 0.2) is 0 Å². The lowest BCUT2D eigenvalue weighted by atomic mass is 9.90. The van der Waals surface area contributed by atoms with Gasteiger partial charge in [-0.15, -0.1) is 0 Å². The van der Waals surface area contributed by atoms with Crippen molar-refractivity contribution in [1.29, 1.82) is 0 Å². The summed E-state index contributed by atoms with van der Waals surface area (Å²) in [7, 11) is 0. The smallest absolute Gasteiger partial charge is 0.227 e. The normalized spacial score (nSPS) is 13.3. The minimum atomic E-state index is 0.159. The Balaban J connectivity index is 2.50. The molecule has 0 spiro atoms. The second-order valence-electron chi connectivity index (χ2n) is 8.20. The lowest BCUT2D eigenvalue weighted by Gasteiger charge is -2.19. The monoisotopic (exact) mass is 373 g/mol. The van der Waals surface area contributed by atoms with Crippen LogP contribution in [0.3, 0.4) is 0 Å². The molecule has 0 fully saturated rings. The number of para-hydroxylation sites is 1. The van der Waals surface area contributed by atoms with Crippen LogP contribution in [0.25, 0.3) is 0 Å². The number of benzene rings is 1. The Bertz CT molecular complexity index is 511. The molecule has 0 aliphatic carbocycles. The van der Waals surface area contributed by atoms with Crippen LogP contribution in [0.5, 0.6) is 0 Å². The molecule has 0 unspecified atom stereocenters. The van der Waals surface area contributed by atoms with Gasteiger partial charge >= 0.3 is 0 Å². The molecule has 0 saturated carbocycles. The maximum absolute atomic E-state index is 12.9. The molecule has 27 heavy (non-hydrogen) atoms. The quantitative estimate of drug-likeness (QED) is 0.311. The van der Waals surface area contributed by atoms with Crippen LogP contribution in [0.1, 0.15) is 103 Å². The van der Waals surface area contributed by atoms with Gasteiger partial charge in [0.05, 0.1) is 0 Å². The molecule has 1 aromatic rings. The highest BCUT2D eigenvalue weighted by Gasteiger charge is 2.18. The average molecular weight is 374 g/mol. The summed E-state index contributed by atoms with van der Waals surface area (Å²) in [5, 5.41) is 3.19. The summed E-state index contributed by atoms with van der Waals surface area (Å²) in [6.45, 7) is 8.89. The fraction of sp³-hybridized carbons (Fsp3) is 0.720. The van der Waals surface area contributed by atoms with E-state index in [9.17, 15) is 4.79 Å². The molecule has 2 atom stereocenters. The third-order valence-electron chi connectivity index (χ3n) is 5.89. The molecule has 0 heterocycles. The summed E-state index contributed by atoms with van der Waals surface area (Å²) < 4.78 is 0. The summed E-state index contributed by atoms with van der Waals surface area (Å²) in [4.78, 5) is 12.9. The van der Waals surface area contributed by atoms with E-state index in [1.165, 1.54) is 57.8 Å². The molecule has 0 radical (unpaired) electrons. The van der Waals surface area contributed by atoms with Gasteiger partial charge in [-0.1, -0.05) is 103 Å². The Morgan fingerprint density at radius 3 is 2.07 bits per heavy atom. The molecular weight excluding hydrogens is 330 g/mol. The van der Waals surface area contributed by atoms with Crippen molar-refractivity contribution in [3.8, 4) is 0 Å². The first kappa shape index (κ1) is 23.7. The number of aryl methyl sites for hydroxylation is 1. The van der Waals surface area contributed by atoms with Crippen molar-refractivity contribution in [2.45, 2.75) is 105 Å². The number of rotatable bonds is 15. The first-order chi connectivity index (χ1) is 13.1. The zero-order valence-corrected chi connectivity index (χ0v) is 18.4. The number of unbranched alkanes of at least 4 members (excludes halogenated alkanes) is 4. The van der Waals surface area contributed by atoms with Crippen molar-refractivity contribution < 1.29 is 4.79 Å². The largest absolute Gasteiger partial charge is 0.326 e. The van der Waals surface area contributed by atoms with Crippen molar-refractivity contribution in [2.24, 2.45) is 11.8 Å².